The molecule has 0 saturated carbocycles. The Bertz CT molecular complexity index is 581. The molecule has 0 heterocycles. The van der Waals surface area contributed by atoms with E-state index in [4.69, 9.17) is 0 Å². The van der Waals surface area contributed by atoms with E-state index in [1.807, 2.05) is 6.07 Å². The van der Waals surface area contributed by atoms with Gasteiger partial charge in [0.15, 0.2) is 0 Å². The normalized spacial score (nSPS) is 18.0. The summed E-state index contributed by atoms with van der Waals surface area (Å²) in [6.45, 7) is 4.67. The van der Waals surface area contributed by atoms with E-state index in [0.717, 1.165) is 23.6 Å². The third-order valence-corrected chi connectivity index (χ3v) is 3.92. The lowest BCUT2D eigenvalue weighted by Gasteiger charge is -2.31. The van der Waals surface area contributed by atoms with Crippen LogP contribution in [0.15, 0.2) is 30.3 Å². The van der Waals surface area contributed by atoms with Crippen molar-refractivity contribution < 1.29 is 5.11 Å². The van der Waals surface area contributed by atoms with Crippen molar-refractivity contribution in [2.75, 3.05) is 0 Å². The number of aromatic hydroxyl groups is 1. The van der Waals surface area contributed by atoms with Crippen LogP contribution in [0.4, 0.5) is 0 Å². The van der Waals surface area contributed by atoms with E-state index in [1.165, 1.54) is 17.5 Å². The molecule has 2 aromatic rings. The van der Waals surface area contributed by atoms with Crippen molar-refractivity contribution in [1.82, 2.24) is 0 Å². The fraction of sp³-hybridized carbons (Fsp3) is 0.375. The van der Waals surface area contributed by atoms with Gasteiger partial charge in [0.05, 0.1) is 0 Å². The van der Waals surface area contributed by atoms with Gasteiger partial charge in [-0.05, 0) is 53.3 Å². The minimum atomic E-state index is 0.398. The van der Waals surface area contributed by atoms with Crippen molar-refractivity contribution in [3.8, 4) is 5.75 Å². The van der Waals surface area contributed by atoms with Crippen molar-refractivity contribution in [3.05, 3.63) is 41.5 Å². The number of fused-ring (bicyclic) bond motifs is 2. The van der Waals surface area contributed by atoms with Crippen molar-refractivity contribution in [2.24, 2.45) is 5.41 Å². The summed E-state index contributed by atoms with van der Waals surface area (Å²) >= 11 is 0. The van der Waals surface area contributed by atoms with Gasteiger partial charge in [-0.1, -0.05) is 32.0 Å². The van der Waals surface area contributed by atoms with E-state index >= 15 is 0 Å². The molecule has 1 heteroatoms. The monoisotopic (exact) mass is 226 g/mol. The number of phenols is 1. The highest BCUT2D eigenvalue weighted by Crippen LogP contribution is 2.37. The lowest BCUT2D eigenvalue weighted by atomic mass is 9.74. The Labute approximate surface area is 102 Å². The maximum Gasteiger partial charge on any atom is 0.123 e. The van der Waals surface area contributed by atoms with Gasteiger partial charge in [-0.2, -0.15) is 0 Å². The third kappa shape index (κ3) is 1.80. The zero-order chi connectivity index (χ0) is 12.0. The molecule has 0 amide bonds. The van der Waals surface area contributed by atoms with Gasteiger partial charge in [0.1, 0.15) is 5.75 Å². The van der Waals surface area contributed by atoms with Crippen LogP contribution in [-0.2, 0) is 12.8 Å². The van der Waals surface area contributed by atoms with Gasteiger partial charge in [-0.25, -0.2) is 0 Å². The summed E-state index contributed by atoms with van der Waals surface area (Å²) in [7, 11) is 0. The zero-order valence-electron chi connectivity index (χ0n) is 10.5. The SMILES string of the molecule is CC1(C)CCc2cc3c(O)cccc3cc2C1. The number of benzene rings is 2. The predicted molar refractivity (Wildman–Crippen MR) is 71.4 cm³/mol. The smallest absolute Gasteiger partial charge is 0.123 e. The molecule has 0 fully saturated rings. The highest BCUT2D eigenvalue weighted by atomic mass is 16.3. The maximum atomic E-state index is 9.88. The fourth-order valence-electron chi connectivity index (χ4n) is 2.88. The summed E-state index contributed by atoms with van der Waals surface area (Å²) < 4.78 is 0. The summed E-state index contributed by atoms with van der Waals surface area (Å²) in [5.74, 6) is 0.398. The van der Waals surface area contributed by atoms with Crippen molar-refractivity contribution in [2.45, 2.75) is 33.1 Å². The topological polar surface area (TPSA) is 20.2 Å². The minimum Gasteiger partial charge on any atom is -0.507 e. The van der Waals surface area contributed by atoms with Crippen molar-refractivity contribution in [3.63, 3.8) is 0 Å². The van der Waals surface area contributed by atoms with E-state index in [-0.39, 0.29) is 0 Å². The molecule has 0 atom stereocenters. The molecule has 0 spiro atoms. The largest absolute Gasteiger partial charge is 0.507 e. The summed E-state index contributed by atoms with van der Waals surface area (Å²) in [4.78, 5) is 0. The first-order chi connectivity index (χ1) is 8.05. The molecule has 3 rings (SSSR count). The molecule has 17 heavy (non-hydrogen) atoms. The van der Waals surface area contributed by atoms with E-state index in [9.17, 15) is 5.11 Å². The first kappa shape index (κ1) is 10.6. The van der Waals surface area contributed by atoms with Crippen LogP contribution in [0.1, 0.15) is 31.4 Å². The predicted octanol–water partition coefficient (Wildman–Crippen LogP) is 4.06. The number of rotatable bonds is 0. The maximum absolute atomic E-state index is 9.88. The van der Waals surface area contributed by atoms with Gasteiger partial charge in [0.2, 0.25) is 0 Å². The molecule has 88 valence electrons. The van der Waals surface area contributed by atoms with Crippen LogP contribution >= 0.6 is 0 Å². The summed E-state index contributed by atoms with van der Waals surface area (Å²) in [6, 6.07) is 10.2. The lowest BCUT2D eigenvalue weighted by molar-refractivity contribution is 0.315. The van der Waals surface area contributed by atoms with Gasteiger partial charge in [-0.3, -0.25) is 0 Å². The summed E-state index contributed by atoms with van der Waals surface area (Å²) in [5.41, 5.74) is 3.29. The highest BCUT2D eigenvalue weighted by Gasteiger charge is 2.25. The minimum absolute atomic E-state index is 0.398. The van der Waals surface area contributed by atoms with Gasteiger partial charge < -0.3 is 5.11 Å². The molecule has 0 aliphatic heterocycles. The van der Waals surface area contributed by atoms with E-state index in [2.05, 4.69) is 32.0 Å². The number of hydrogen-bond acceptors (Lipinski definition) is 1. The zero-order valence-corrected chi connectivity index (χ0v) is 10.5. The molecule has 0 bridgehead atoms. The summed E-state index contributed by atoms with van der Waals surface area (Å²) in [5, 5.41) is 12.0. The van der Waals surface area contributed by atoms with Gasteiger partial charge in [0, 0.05) is 5.39 Å². The molecule has 0 aromatic heterocycles. The average Bonchev–Trinajstić information content (AvgIpc) is 2.26. The summed E-state index contributed by atoms with van der Waals surface area (Å²) in [6.07, 6.45) is 3.51. The van der Waals surface area contributed by atoms with Crippen molar-refractivity contribution >= 4 is 10.8 Å². The first-order valence-corrected chi connectivity index (χ1v) is 6.29. The Morgan fingerprint density at radius 1 is 1.12 bits per heavy atom. The Balaban J connectivity index is 2.21. The second kappa shape index (κ2) is 3.49. The third-order valence-electron chi connectivity index (χ3n) is 3.92. The molecule has 0 radical (unpaired) electrons. The van der Waals surface area contributed by atoms with Crippen LogP contribution in [0.25, 0.3) is 10.8 Å². The standard InChI is InChI=1S/C16H18O/c1-16(2)7-6-11-9-14-12(8-13(11)10-16)4-3-5-15(14)17/h3-5,8-9,17H,6-7,10H2,1-2H3. The number of phenolic OH excluding ortho intramolecular Hbond substituents is 1. The van der Waals surface area contributed by atoms with Gasteiger partial charge in [0.25, 0.3) is 0 Å². The Hall–Kier alpha value is -1.50. The molecule has 1 aliphatic rings. The molecule has 1 nitrogen and oxygen atoms in total. The molecule has 1 aliphatic carbocycles. The van der Waals surface area contributed by atoms with Crippen molar-refractivity contribution in [1.29, 1.82) is 0 Å². The molecule has 1 N–H and O–H groups in total. The molecule has 0 saturated heterocycles. The van der Waals surface area contributed by atoms with E-state index in [1.54, 1.807) is 6.07 Å². The lowest BCUT2D eigenvalue weighted by Crippen LogP contribution is -2.21. The van der Waals surface area contributed by atoms with Crippen LogP contribution in [0.5, 0.6) is 5.75 Å². The second-order valence-corrected chi connectivity index (χ2v) is 5.96. The van der Waals surface area contributed by atoms with Crippen LogP contribution in [-0.4, -0.2) is 5.11 Å². The number of hydrogen-bond donors (Lipinski definition) is 1. The molecular weight excluding hydrogens is 208 g/mol. The quantitative estimate of drug-likeness (QED) is 0.718. The fourth-order valence-corrected chi connectivity index (χ4v) is 2.88. The first-order valence-electron chi connectivity index (χ1n) is 6.29. The van der Waals surface area contributed by atoms with E-state index in [0.29, 0.717) is 11.2 Å². The highest BCUT2D eigenvalue weighted by molar-refractivity contribution is 5.89. The van der Waals surface area contributed by atoms with E-state index < -0.39 is 0 Å². The average molecular weight is 226 g/mol. The van der Waals surface area contributed by atoms with Crippen LogP contribution < -0.4 is 0 Å². The molecule has 2 aromatic carbocycles. The molecule has 0 unspecified atom stereocenters. The van der Waals surface area contributed by atoms with Crippen LogP contribution in [0.3, 0.4) is 0 Å². The Morgan fingerprint density at radius 2 is 1.94 bits per heavy atom. The van der Waals surface area contributed by atoms with Gasteiger partial charge in [-0.15, -0.1) is 0 Å². The second-order valence-electron chi connectivity index (χ2n) is 5.96. The Kier molecular flexibility index (Phi) is 2.19. The molecular formula is C16H18O. The van der Waals surface area contributed by atoms with Gasteiger partial charge >= 0.3 is 0 Å². The van der Waals surface area contributed by atoms with Crippen LogP contribution in [0, 0.1) is 5.41 Å². The van der Waals surface area contributed by atoms with Crippen LogP contribution in [0.2, 0.25) is 0 Å². The number of aryl methyl sites for hydroxylation is 1. The Morgan fingerprint density at radius 3 is 2.76 bits per heavy atom.